The van der Waals surface area contributed by atoms with E-state index in [2.05, 4.69) is 10.1 Å². The normalized spacial score (nSPS) is 12.1. The molecule has 1 rings (SSSR count). The van der Waals surface area contributed by atoms with Gasteiger partial charge in [0.25, 0.3) is 0 Å². The Labute approximate surface area is 97.9 Å². The molecule has 0 fully saturated rings. The molecule has 17 heavy (non-hydrogen) atoms. The second-order valence-electron chi connectivity index (χ2n) is 3.68. The van der Waals surface area contributed by atoms with Gasteiger partial charge in [-0.25, -0.2) is 0 Å². The number of halogens is 3. The van der Waals surface area contributed by atoms with Crippen LogP contribution in [0.2, 0.25) is 0 Å². The van der Waals surface area contributed by atoms with Gasteiger partial charge in [0.1, 0.15) is 24.7 Å². The topological polar surface area (TPSA) is 34.4 Å². The Bertz CT molecular complexity index is 347. The van der Waals surface area contributed by atoms with E-state index in [9.17, 15) is 13.2 Å². The first-order chi connectivity index (χ1) is 7.92. The van der Waals surface area contributed by atoms with E-state index in [-0.39, 0.29) is 6.61 Å². The van der Waals surface area contributed by atoms with E-state index in [0.29, 0.717) is 18.1 Å². The molecule has 0 spiro atoms. The van der Waals surface area contributed by atoms with E-state index in [1.165, 1.54) is 0 Å². The molecule has 0 atom stereocenters. The molecule has 98 valence electrons. The predicted octanol–water partition coefficient (Wildman–Crippen LogP) is 2.78. The minimum absolute atomic E-state index is 0.160. The standard InChI is InChI=1S/C11H16F3NO2/c1-3-15-5-9-4-10(17-8(9)2)6-16-7-11(12,13)14/h4,15H,3,5-7H2,1-2H3. The van der Waals surface area contributed by atoms with Crippen LogP contribution in [0.4, 0.5) is 13.2 Å². The molecule has 3 nitrogen and oxygen atoms in total. The van der Waals surface area contributed by atoms with Crippen LogP contribution in [0.5, 0.6) is 0 Å². The molecule has 0 aliphatic carbocycles. The highest BCUT2D eigenvalue weighted by atomic mass is 19.4. The number of alkyl halides is 3. The van der Waals surface area contributed by atoms with E-state index in [4.69, 9.17) is 4.42 Å². The van der Waals surface area contributed by atoms with Crippen LogP contribution >= 0.6 is 0 Å². The van der Waals surface area contributed by atoms with Crippen LogP contribution in [0.25, 0.3) is 0 Å². The molecule has 0 saturated carbocycles. The summed E-state index contributed by atoms with van der Waals surface area (Å²) in [5.41, 5.74) is 0.942. The van der Waals surface area contributed by atoms with E-state index in [0.717, 1.165) is 12.1 Å². The Morgan fingerprint density at radius 1 is 1.41 bits per heavy atom. The van der Waals surface area contributed by atoms with Crippen LogP contribution in [0, 0.1) is 6.92 Å². The molecule has 6 heteroatoms. The number of hydrogen-bond donors (Lipinski definition) is 1. The van der Waals surface area contributed by atoms with E-state index in [1.807, 2.05) is 6.92 Å². The van der Waals surface area contributed by atoms with Crippen LogP contribution < -0.4 is 5.32 Å². The van der Waals surface area contributed by atoms with E-state index >= 15 is 0 Å². The Balaban J connectivity index is 2.44. The summed E-state index contributed by atoms with van der Waals surface area (Å²) in [7, 11) is 0. The molecule has 1 aromatic heterocycles. The summed E-state index contributed by atoms with van der Waals surface area (Å²) in [6.07, 6.45) is -4.30. The summed E-state index contributed by atoms with van der Waals surface area (Å²) in [6, 6.07) is 1.72. The van der Waals surface area contributed by atoms with Crippen LogP contribution in [-0.2, 0) is 17.9 Å². The second kappa shape index (κ2) is 6.07. The number of hydrogen-bond acceptors (Lipinski definition) is 3. The van der Waals surface area contributed by atoms with Crippen molar-refractivity contribution in [1.82, 2.24) is 5.32 Å². The maximum atomic E-state index is 11.8. The number of furan rings is 1. The van der Waals surface area contributed by atoms with Crippen LogP contribution in [-0.4, -0.2) is 19.3 Å². The SMILES string of the molecule is CCNCc1cc(COCC(F)(F)F)oc1C. The van der Waals surface area contributed by atoms with Crippen LogP contribution in [0.3, 0.4) is 0 Å². The summed E-state index contributed by atoms with van der Waals surface area (Å²) in [4.78, 5) is 0. The minimum Gasteiger partial charge on any atom is -0.464 e. The van der Waals surface area contributed by atoms with Crippen molar-refractivity contribution in [2.24, 2.45) is 0 Å². The molecule has 0 aliphatic rings. The first kappa shape index (κ1) is 14.1. The van der Waals surface area contributed by atoms with E-state index in [1.54, 1.807) is 13.0 Å². The molecule has 0 amide bonds. The molecular weight excluding hydrogens is 235 g/mol. The zero-order chi connectivity index (χ0) is 12.9. The van der Waals surface area contributed by atoms with Crippen molar-refractivity contribution in [2.45, 2.75) is 33.2 Å². The van der Waals surface area contributed by atoms with Crippen molar-refractivity contribution in [3.05, 3.63) is 23.2 Å². The number of ether oxygens (including phenoxy) is 1. The lowest BCUT2D eigenvalue weighted by Crippen LogP contribution is -2.16. The third-order valence-corrected chi connectivity index (χ3v) is 2.15. The summed E-state index contributed by atoms with van der Waals surface area (Å²) in [5, 5.41) is 3.12. The maximum absolute atomic E-state index is 11.8. The van der Waals surface area contributed by atoms with Crippen molar-refractivity contribution < 1.29 is 22.3 Å². The molecule has 1 aromatic rings. The predicted molar refractivity (Wildman–Crippen MR) is 56.5 cm³/mol. The van der Waals surface area contributed by atoms with Gasteiger partial charge in [-0.1, -0.05) is 6.92 Å². The molecule has 0 bridgehead atoms. The summed E-state index contributed by atoms with van der Waals surface area (Å²) in [6.45, 7) is 3.81. The molecule has 0 aromatic carbocycles. The monoisotopic (exact) mass is 251 g/mol. The van der Waals surface area contributed by atoms with Gasteiger partial charge in [-0.05, 0) is 19.5 Å². The highest BCUT2D eigenvalue weighted by molar-refractivity contribution is 5.20. The number of rotatable bonds is 6. The first-order valence-corrected chi connectivity index (χ1v) is 5.35. The summed E-state index contributed by atoms with van der Waals surface area (Å²) >= 11 is 0. The quantitative estimate of drug-likeness (QED) is 0.844. The van der Waals surface area contributed by atoms with Gasteiger partial charge >= 0.3 is 6.18 Å². The number of nitrogens with one attached hydrogen (secondary N) is 1. The Morgan fingerprint density at radius 3 is 2.71 bits per heavy atom. The summed E-state index contributed by atoms with van der Waals surface area (Å²) < 4.78 is 45.3. The minimum atomic E-state index is -4.30. The molecule has 0 radical (unpaired) electrons. The smallest absolute Gasteiger partial charge is 0.411 e. The molecule has 1 heterocycles. The van der Waals surface area contributed by atoms with Crippen molar-refractivity contribution in [3.8, 4) is 0 Å². The van der Waals surface area contributed by atoms with Gasteiger partial charge in [0.2, 0.25) is 0 Å². The Morgan fingerprint density at radius 2 is 2.12 bits per heavy atom. The maximum Gasteiger partial charge on any atom is 0.411 e. The lowest BCUT2D eigenvalue weighted by atomic mass is 10.2. The third kappa shape index (κ3) is 5.23. The summed E-state index contributed by atoms with van der Waals surface area (Å²) in [5.74, 6) is 1.12. The molecular formula is C11H16F3NO2. The fourth-order valence-electron chi connectivity index (χ4n) is 1.36. The highest BCUT2D eigenvalue weighted by Crippen LogP contribution is 2.18. The molecule has 0 unspecified atom stereocenters. The van der Waals surface area contributed by atoms with Crippen molar-refractivity contribution in [3.63, 3.8) is 0 Å². The van der Waals surface area contributed by atoms with Gasteiger partial charge in [-0.3, -0.25) is 0 Å². The van der Waals surface area contributed by atoms with Gasteiger partial charge in [-0.15, -0.1) is 0 Å². The van der Waals surface area contributed by atoms with Gasteiger partial charge in [-0.2, -0.15) is 13.2 Å². The Kier molecular flexibility index (Phi) is 5.02. The van der Waals surface area contributed by atoms with Gasteiger partial charge < -0.3 is 14.5 Å². The van der Waals surface area contributed by atoms with Gasteiger partial charge in [0.05, 0.1) is 0 Å². The highest BCUT2D eigenvalue weighted by Gasteiger charge is 2.27. The van der Waals surface area contributed by atoms with Crippen molar-refractivity contribution in [1.29, 1.82) is 0 Å². The lowest BCUT2D eigenvalue weighted by molar-refractivity contribution is -0.177. The van der Waals surface area contributed by atoms with Crippen LogP contribution in [0.1, 0.15) is 24.0 Å². The zero-order valence-electron chi connectivity index (χ0n) is 9.86. The fourth-order valence-corrected chi connectivity index (χ4v) is 1.36. The molecule has 0 saturated heterocycles. The largest absolute Gasteiger partial charge is 0.464 e. The average molecular weight is 251 g/mol. The Hall–Kier alpha value is -1.01. The van der Waals surface area contributed by atoms with Gasteiger partial charge in [0, 0.05) is 12.1 Å². The lowest BCUT2D eigenvalue weighted by Gasteiger charge is -2.05. The molecule has 1 N–H and O–H groups in total. The molecule has 0 aliphatic heterocycles. The first-order valence-electron chi connectivity index (χ1n) is 5.35. The van der Waals surface area contributed by atoms with Crippen LogP contribution in [0.15, 0.2) is 10.5 Å². The fraction of sp³-hybridized carbons (Fsp3) is 0.636. The van der Waals surface area contributed by atoms with E-state index < -0.39 is 12.8 Å². The van der Waals surface area contributed by atoms with Crippen molar-refractivity contribution in [2.75, 3.05) is 13.2 Å². The average Bonchev–Trinajstić information content (AvgIpc) is 2.54. The number of aryl methyl sites for hydroxylation is 1. The van der Waals surface area contributed by atoms with Gasteiger partial charge in [0.15, 0.2) is 0 Å². The van der Waals surface area contributed by atoms with Crippen molar-refractivity contribution >= 4 is 0 Å². The third-order valence-electron chi connectivity index (χ3n) is 2.15. The second-order valence-corrected chi connectivity index (χ2v) is 3.68. The zero-order valence-corrected chi connectivity index (χ0v) is 9.86.